The summed E-state index contributed by atoms with van der Waals surface area (Å²) in [7, 11) is 0. The monoisotopic (exact) mass is 221 g/mol. The first kappa shape index (κ1) is 17.8. The van der Waals surface area contributed by atoms with E-state index in [2.05, 4.69) is 4.74 Å². The fraction of sp³-hybridized carbons (Fsp3) is 0.727. The van der Waals surface area contributed by atoms with Crippen LogP contribution in [0, 0.1) is 10.8 Å². The number of ketones is 1. The van der Waals surface area contributed by atoms with Crippen LogP contribution in [0.1, 0.15) is 41.5 Å². The molecule has 0 aliphatic rings. The van der Waals surface area contributed by atoms with Crippen molar-refractivity contribution in [3.63, 3.8) is 0 Å². The molecule has 0 amide bonds. The summed E-state index contributed by atoms with van der Waals surface area (Å²) in [6.07, 6.45) is 0. The first-order valence-electron chi connectivity index (χ1n) is 4.77. The minimum atomic E-state index is -1.08. The summed E-state index contributed by atoms with van der Waals surface area (Å²) in [5.74, 6) is -2.47. The summed E-state index contributed by atoms with van der Waals surface area (Å²) < 4.78 is 4.48. The number of carbonyl (C=O) groups excluding carboxylic acids is 3. The second-order valence-corrected chi connectivity index (χ2v) is 5.51. The molecule has 0 heterocycles. The molecule has 0 unspecified atom stereocenters. The molecule has 16 heavy (non-hydrogen) atoms. The Labute approximate surface area is 108 Å². The predicted octanol–water partition coefficient (Wildman–Crippen LogP) is 1.34. The molecule has 0 aliphatic carbocycles. The maximum atomic E-state index is 11.4. The third-order valence-electron chi connectivity index (χ3n) is 1.66. The molecule has 0 saturated heterocycles. The molecule has 0 atom stereocenters. The van der Waals surface area contributed by atoms with Gasteiger partial charge in [-0.1, -0.05) is 20.8 Å². The van der Waals surface area contributed by atoms with E-state index in [9.17, 15) is 14.4 Å². The van der Waals surface area contributed by atoms with Gasteiger partial charge in [-0.2, -0.15) is 0 Å². The topological polar surface area (TPSA) is 60.4 Å². The van der Waals surface area contributed by atoms with Crippen molar-refractivity contribution < 1.29 is 19.1 Å². The van der Waals surface area contributed by atoms with Crippen LogP contribution in [0.15, 0.2) is 0 Å². The Kier molecular flexibility index (Phi) is 6.28. The van der Waals surface area contributed by atoms with Crippen molar-refractivity contribution in [2.24, 2.45) is 10.8 Å². The Morgan fingerprint density at radius 3 is 1.44 bits per heavy atom. The third kappa shape index (κ3) is 5.48. The van der Waals surface area contributed by atoms with Crippen LogP contribution in [0.3, 0.4) is 0 Å². The van der Waals surface area contributed by atoms with Gasteiger partial charge >= 0.3 is 11.9 Å². The molecule has 5 heteroatoms. The quantitative estimate of drug-likeness (QED) is 0.290. The van der Waals surface area contributed by atoms with E-state index in [0.29, 0.717) is 0 Å². The summed E-state index contributed by atoms with van der Waals surface area (Å²) in [6, 6.07) is 0. The van der Waals surface area contributed by atoms with Gasteiger partial charge in [-0.3, -0.25) is 9.59 Å². The van der Waals surface area contributed by atoms with Gasteiger partial charge in [-0.25, -0.2) is 4.79 Å². The number of esters is 2. The smallest absolute Gasteiger partial charge is 0.382 e. The van der Waals surface area contributed by atoms with E-state index in [4.69, 9.17) is 0 Å². The van der Waals surface area contributed by atoms with E-state index >= 15 is 0 Å². The number of Topliss-reactive ketones (excluding diaryl/α,β-unsaturated/α-hetero) is 1. The van der Waals surface area contributed by atoms with Crippen LogP contribution in [0.5, 0.6) is 0 Å². The molecule has 87 valence electrons. The molecule has 0 aromatic rings. The van der Waals surface area contributed by atoms with E-state index in [1.54, 1.807) is 41.5 Å². The first-order chi connectivity index (χ1) is 6.46. The maximum Gasteiger partial charge on any atom is 0.382 e. The van der Waals surface area contributed by atoms with Crippen LogP contribution >= 0.6 is 0 Å². The fourth-order valence-electron chi connectivity index (χ4n) is 0.590. The average Bonchev–Trinajstić information content (AvgIpc) is 1.99. The van der Waals surface area contributed by atoms with Crippen LogP contribution in [0.4, 0.5) is 0 Å². The Morgan fingerprint density at radius 1 is 0.812 bits per heavy atom. The Morgan fingerprint density at radius 2 is 1.19 bits per heavy atom. The van der Waals surface area contributed by atoms with Crippen molar-refractivity contribution >= 4 is 36.6 Å². The zero-order chi connectivity index (χ0) is 12.4. The average molecular weight is 221 g/mol. The standard InChI is InChI=1S/C11H18O4.Li/c1-10(2,3)7(12)8(13)15-9(14)11(4,5)6;/h1-6H3;. The molecule has 0 N–H and O–H groups in total. The fourth-order valence-corrected chi connectivity index (χ4v) is 0.590. The van der Waals surface area contributed by atoms with Gasteiger partial charge in [0.2, 0.25) is 5.78 Å². The third-order valence-corrected chi connectivity index (χ3v) is 1.66. The van der Waals surface area contributed by atoms with Crippen molar-refractivity contribution in [1.29, 1.82) is 0 Å². The molecule has 0 spiro atoms. The molecule has 0 aromatic heterocycles. The summed E-state index contributed by atoms with van der Waals surface area (Å²) in [5, 5.41) is 0. The van der Waals surface area contributed by atoms with Crippen LogP contribution < -0.4 is 0 Å². The second-order valence-electron chi connectivity index (χ2n) is 5.51. The van der Waals surface area contributed by atoms with Gasteiger partial charge in [0.1, 0.15) is 0 Å². The minimum absolute atomic E-state index is 0. The van der Waals surface area contributed by atoms with Crippen LogP contribution in [-0.2, 0) is 19.1 Å². The van der Waals surface area contributed by atoms with Crippen molar-refractivity contribution in [3.05, 3.63) is 0 Å². The molecule has 0 aliphatic heterocycles. The molecular formula is C11H18LiO4. The predicted molar refractivity (Wildman–Crippen MR) is 60.8 cm³/mol. The van der Waals surface area contributed by atoms with Crippen molar-refractivity contribution in [3.8, 4) is 0 Å². The molecule has 4 nitrogen and oxygen atoms in total. The molecule has 0 bridgehead atoms. The van der Waals surface area contributed by atoms with Crippen LogP contribution in [-0.4, -0.2) is 36.6 Å². The first-order valence-corrected chi connectivity index (χ1v) is 4.77. The normalized spacial score (nSPS) is 11.4. The van der Waals surface area contributed by atoms with Gasteiger partial charge < -0.3 is 4.74 Å². The molecular weight excluding hydrogens is 203 g/mol. The largest absolute Gasteiger partial charge is 0.387 e. The molecule has 0 fully saturated rings. The van der Waals surface area contributed by atoms with E-state index < -0.39 is 28.6 Å². The van der Waals surface area contributed by atoms with Crippen LogP contribution in [0.25, 0.3) is 0 Å². The zero-order valence-electron chi connectivity index (χ0n) is 11.1. The van der Waals surface area contributed by atoms with Gasteiger partial charge in [0.15, 0.2) is 0 Å². The Balaban J connectivity index is 0. The van der Waals surface area contributed by atoms with Crippen molar-refractivity contribution in [2.75, 3.05) is 0 Å². The zero-order valence-corrected chi connectivity index (χ0v) is 11.1. The SMILES string of the molecule is CC(C)(C)C(=O)OC(=O)C(=O)C(C)(C)C.[Li]. The van der Waals surface area contributed by atoms with E-state index in [0.717, 1.165) is 0 Å². The molecule has 1 radical (unpaired) electrons. The number of rotatable bonds is 1. The summed E-state index contributed by atoms with van der Waals surface area (Å²) in [4.78, 5) is 34.0. The molecule has 0 rings (SSSR count). The number of hydrogen-bond donors (Lipinski definition) is 0. The summed E-state index contributed by atoms with van der Waals surface area (Å²) >= 11 is 0. The van der Waals surface area contributed by atoms with Gasteiger partial charge in [0.05, 0.1) is 5.41 Å². The van der Waals surface area contributed by atoms with Gasteiger partial charge in [-0.05, 0) is 20.8 Å². The van der Waals surface area contributed by atoms with Gasteiger partial charge in [-0.15, -0.1) is 0 Å². The Bertz CT molecular complexity index is 294. The molecule has 0 saturated carbocycles. The van der Waals surface area contributed by atoms with Crippen molar-refractivity contribution in [1.82, 2.24) is 0 Å². The second kappa shape index (κ2) is 5.65. The van der Waals surface area contributed by atoms with E-state index in [-0.39, 0.29) is 18.9 Å². The number of ether oxygens (including phenoxy) is 1. The molecule has 0 aromatic carbocycles. The number of carbonyl (C=O) groups is 3. The van der Waals surface area contributed by atoms with E-state index in [1.165, 1.54) is 0 Å². The maximum absolute atomic E-state index is 11.4. The van der Waals surface area contributed by atoms with E-state index in [1.807, 2.05) is 0 Å². The van der Waals surface area contributed by atoms with Gasteiger partial charge in [0, 0.05) is 24.3 Å². The summed E-state index contributed by atoms with van der Waals surface area (Å²) in [5.41, 5.74) is -1.61. The van der Waals surface area contributed by atoms with Crippen molar-refractivity contribution in [2.45, 2.75) is 41.5 Å². The number of hydrogen-bond acceptors (Lipinski definition) is 4. The van der Waals surface area contributed by atoms with Gasteiger partial charge in [0.25, 0.3) is 0 Å². The van der Waals surface area contributed by atoms with Crippen LogP contribution in [0.2, 0.25) is 0 Å². The summed E-state index contributed by atoms with van der Waals surface area (Å²) in [6.45, 7) is 9.63. The minimum Gasteiger partial charge on any atom is -0.387 e. The Hall–Kier alpha value is -0.593.